The maximum Gasteiger partial charge on any atom is 0.0485 e. The standard InChI is InChI=1S/C16H23N3S/c1-2-18-7-9-19(10-8-18)15(11-17)14-12-20-16-6-4-3-5-13(14)16/h3-6,12,15H,2,7-11,17H2,1H3. The van der Waals surface area contributed by atoms with Crippen molar-refractivity contribution in [3.05, 3.63) is 35.2 Å². The number of thiophene rings is 1. The monoisotopic (exact) mass is 289 g/mol. The lowest BCUT2D eigenvalue weighted by atomic mass is 10.0. The van der Waals surface area contributed by atoms with Gasteiger partial charge in [0.1, 0.15) is 0 Å². The Hall–Kier alpha value is -0.940. The van der Waals surface area contributed by atoms with Gasteiger partial charge in [-0.1, -0.05) is 25.1 Å². The van der Waals surface area contributed by atoms with Crippen molar-refractivity contribution in [3.8, 4) is 0 Å². The SMILES string of the molecule is CCN1CCN(C(CN)c2csc3ccccc23)CC1. The van der Waals surface area contributed by atoms with Gasteiger partial charge < -0.3 is 10.6 Å². The average molecular weight is 289 g/mol. The van der Waals surface area contributed by atoms with Crippen LogP contribution in [0.15, 0.2) is 29.6 Å². The van der Waals surface area contributed by atoms with Crippen molar-refractivity contribution in [1.29, 1.82) is 0 Å². The zero-order valence-corrected chi connectivity index (χ0v) is 12.9. The molecule has 1 aromatic carbocycles. The molecule has 2 aromatic rings. The van der Waals surface area contributed by atoms with Gasteiger partial charge in [0.15, 0.2) is 0 Å². The normalized spacial score (nSPS) is 19.5. The Balaban J connectivity index is 1.83. The van der Waals surface area contributed by atoms with Crippen LogP contribution in [0.25, 0.3) is 10.1 Å². The van der Waals surface area contributed by atoms with E-state index in [9.17, 15) is 0 Å². The number of nitrogens with zero attached hydrogens (tertiary/aromatic N) is 2. The first kappa shape index (κ1) is 14.0. The molecule has 1 fully saturated rings. The quantitative estimate of drug-likeness (QED) is 0.939. The Kier molecular flexibility index (Phi) is 4.36. The van der Waals surface area contributed by atoms with Crippen LogP contribution in [0.1, 0.15) is 18.5 Å². The minimum absolute atomic E-state index is 0.366. The van der Waals surface area contributed by atoms with E-state index in [1.807, 2.05) is 11.3 Å². The summed E-state index contributed by atoms with van der Waals surface area (Å²) >= 11 is 1.83. The lowest BCUT2D eigenvalue weighted by Crippen LogP contribution is -2.48. The molecule has 20 heavy (non-hydrogen) atoms. The molecule has 108 valence electrons. The summed E-state index contributed by atoms with van der Waals surface area (Å²) in [5.41, 5.74) is 7.52. The molecule has 1 atom stereocenters. The highest BCUT2D eigenvalue weighted by atomic mass is 32.1. The number of benzene rings is 1. The summed E-state index contributed by atoms with van der Waals surface area (Å²) in [5.74, 6) is 0. The van der Waals surface area contributed by atoms with Crippen LogP contribution in [0.3, 0.4) is 0 Å². The number of hydrogen-bond acceptors (Lipinski definition) is 4. The molecule has 0 spiro atoms. The molecule has 0 amide bonds. The van der Waals surface area contributed by atoms with E-state index >= 15 is 0 Å². The molecular formula is C16H23N3S. The molecule has 3 rings (SSSR count). The maximum absolute atomic E-state index is 6.10. The lowest BCUT2D eigenvalue weighted by Gasteiger charge is -2.38. The number of nitrogens with two attached hydrogens (primary N) is 1. The number of rotatable bonds is 4. The Morgan fingerprint density at radius 1 is 1.20 bits per heavy atom. The van der Waals surface area contributed by atoms with Crippen LogP contribution in [-0.4, -0.2) is 49.1 Å². The van der Waals surface area contributed by atoms with E-state index < -0.39 is 0 Å². The van der Waals surface area contributed by atoms with Crippen molar-refractivity contribution >= 4 is 21.4 Å². The first-order chi connectivity index (χ1) is 9.83. The van der Waals surface area contributed by atoms with Gasteiger partial charge in [0.25, 0.3) is 0 Å². The highest BCUT2D eigenvalue weighted by Crippen LogP contribution is 2.33. The molecule has 4 heteroatoms. The van der Waals surface area contributed by atoms with Gasteiger partial charge in [-0.2, -0.15) is 0 Å². The van der Waals surface area contributed by atoms with E-state index in [1.54, 1.807) is 0 Å². The van der Waals surface area contributed by atoms with Crippen molar-refractivity contribution in [1.82, 2.24) is 9.80 Å². The van der Waals surface area contributed by atoms with Crippen molar-refractivity contribution in [2.45, 2.75) is 13.0 Å². The van der Waals surface area contributed by atoms with Crippen LogP contribution >= 0.6 is 11.3 Å². The van der Waals surface area contributed by atoms with Gasteiger partial charge >= 0.3 is 0 Å². The van der Waals surface area contributed by atoms with Crippen LogP contribution < -0.4 is 5.73 Å². The maximum atomic E-state index is 6.10. The van der Waals surface area contributed by atoms with E-state index in [-0.39, 0.29) is 0 Å². The molecular weight excluding hydrogens is 266 g/mol. The third-order valence-electron chi connectivity index (χ3n) is 4.39. The predicted molar refractivity (Wildman–Crippen MR) is 87.3 cm³/mol. The van der Waals surface area contributed by atoms with Crippen LogP contribution in [0.4, 0.5) is 0 Å². The first-order valence-electron chi connectivity index (χ1n) is 7.46. The fourth-order valence-electron chi connectivity index (χ4n) is 3.12. The van der Waals surface area contributed by atoms with Crippen molar-refractivity contribution in [3.63, 3.8) is 0 Å². The number of fused-ring (bicyclic) bond motifs is 1. The summed E-state index contributed by atoms with van der Waals surface area (Å²) in [5, 5.41) is 3.68. The van der Waals surface area contributed by atoms with Gasteiger partial charge in [0.2, 0.25) is 0 Å². The smallest absolute Gasteiger partial charge is 0.0485 e. The molecule has 3 nitrogen and oxygen atoms in total. The Morgan fingerprint density at radius 2 is 1.95 bits per heavy atom. The second-order valence-corrected chi connectivity index (χ2v) is 6.32. The molecule has 1 unspecified atom stereocenters. The molecule has 1 aromatic heterocycles. The van der Waals surface area contributed by atoms with Crippen molar-refractivity contribution in [2.75, 3.05) is 39.3 Å². The zero-order valence-electron chi connectivity index (χ0n) is 12.1. The Labute approximate surface area is 125 Å². The number of piperazine rings is 1. The topological polar surface area (TPSA) is 32.5 Å². The predicted octanol–water partition coefficient (Wildman–Crippen LogP) is 2.54. The van der Waals surface area contributed by atoms with Gasteiger partial charge in [-0.3, -0.25) is 4.90 Å². The van der Waals surface area contributed by atoms with E-state index in [0.717, 1.165) is 32.7 Å². The van der Waals surface area contributed by atoms with Gasteiger partial charge in [-0.05, 0) is 28.9 Å². The lowest BCUT2D eigenvalue weighted by molar-refractivity contribution is 0.103. The molecule has 0 radical (unpaired) electrons. The summed E-state index contributed by atoms with van der Waals surface area (Å²) in [6.45, 7) is 8.67. The molecule has 1 aliphatic heterocycles. The molecule has 2 N–H and O–H groups in total. The summed E-state index contributed by atoms with van der Waals surface area (Å²) in [4.78, 5) is 5.07. The van der Waals surface area contributed by atoms with Crippen LogP contribution in [-0.2, 0) is 0 Å². The summed E-state index contributed by atoms with van der Waals surface area (Å²) in [6, 6.07) is 9.03. The Morgan fingerprint density at radius 3 is 2.65 bits per heavy atom. The van der Waals surface area contributed by atoms with E-state index in [2.05, 4.69) is 46.4 Å². The Bertz CT molecular complexity index is 558. The molecule has 0 bridgehead atoms. The van der Waals surface area contributed by atoms with E-state index in [0.29, 0.717) is 12.6 Å². The van der Waals surface area contributed by atoms with Crippen molar-refractivity contribution in [2.24, 2.45) is 5.73 Å². The third-order valence-corrected chi connectivity index (χ3v) is 5.37. The third kappa shape index (κ3) is 2.61. The fraction of sp³-hybridized carbons (Fsp3) is 0.500. The number of hydrogen-bond donors (Lipinski definition) is 1. The van der Waals surface area contributed by atoms with Gasteiger partial charge in [-0.25, -0.2) is 0 Å². The van der Waals surface area contributed by atoms with Crippen LogP contribution in [0.2, 0.25) is 0 Å². The first-order valence-corrected chi connectivity index (χ1v) is 8.34. The minimum atomic E-state index is 0.366. The van der Waals surface area contributed by atoms with E-state index in [4.69, 9.17) is 5.73 Å². The molecule has 1 aliphatic rings. The van der Waals surface area contributed by atoms with Crippen LogP contribution in [0.5, 0.6) is 0 Å². The van der Waals surface area contributed by atoms with Gasteiger partial charge in [-0.15, -0.1) is 11.3 Å². The fourth-order valence-corrected chi connectivity index (χ4v) is 4.13. The molecule has 0 saturated carbocycles. The second kappa shape index (κ2) is 6.22. The second-order valence-electron chi connectivity index (χ2n) is 5.41. The minimum Gasteiger partial charge on any atom is -0.329 e. The summed E-state index contributed by atoms with van der Waals surface area (Å²) in [7, 11) is 0. The van der Waals surface area contributed by atoms with Crippen LogP contribution in [0, 0.1) is 0 Å². The van der Waals surface area contributed by atoms with Gasteiger partial charge in [0.05, 0.1) is 0 Å². The number of likely N-dealkylation sites (N-methyl/N-ethyl adjacent to an activating group) is 1. The zero-order chi connectivity index (χ0) is 13.9. The average Bonchev–Trinajstić information content (AvgIpc) is 2.93. The van der Waals surface area contributed by atoms with Gasteiger partial charge in [0, 0.05) is 43.5 Å². The molecule has 0 aliphatic carbocycles. The van der Waals surface area contributed by atoms with Crippen molar-refractivity contribution < 1.29 is 0 Å². The van der Waals surface area contributed by atoms with E-state index in [1.165, 1.54) is 15.6 Å². The molecule has 2 heterocycles. The largest absolute Gasteiger partial charge is 0.329 e. The highest BCUT2D eigenvalue weighted by molar-refractivity contribution is 7.17. The highest BCUT2D eigenvalue weighted by Gasteiger charge is 2.25. The summed E-state index contributed by atoms with van der Waals surface area (Å²) < 4.78 is 1.37. The molecule has 1 saturated heterocycles. The summed E-state index contributed by atoms with van der Waals surface area (Å²) in [6.07, 6.45) is 0.